The second-order valence-corrected chi connectivity index (χ2v) is 4.28. The Morgan fingerprint density at radius 3 is 2.73 bits per heavy atom. The van der Waals surface area contributed by atoms with Gasteiger partial charge < -0.3 is 10.6 Å². The first-order valence-electron chi connectivity index (χ1n) is 5.33. The Labute approximate surface area is 97.1 Å². The molecule has 15 heavy (non-hydrogen) atoms. The Morgan fingerprint density at radius 1 is 1.47 bits per heavy atom. The molecule has 0 aromatic heterocycles. The first-order chi connectivity index (χ1) is 7.26. The van der Waals surface area contributed by atoms with Gasteiger partial charge >= 0.3 is 0 Å². The van der Waals surface area contributed by atoms with E-state index < -0.39 is 0 Å². The summed E-state index contributed by atoms with van der Waals surface area (Å²) in [6, 6.07) is 0. The highest BCUT2D eigenvalue weighted by Crippen LogP contribution is 2.17. The number of amides is 1. The van der Waals surface area contributed by atoms with Gasteiger partial charge in [0.15, 0.2) is 0 Å². The van der Waals surface area contributed by atoms with Gasteiger partial charge in [-0.25, -0.2) is 0 Å². The summed E-state index contributed by atoms with van der Waals surface area (Å²) >= 11 is 1.63. The maximum absolute atomic E-state index is 10.4. The largest absolute Gasteiger partial charge is 0.332 e. The van der Waals surface area contributed by atoms with Gasteiger partial charge in [-0.15, -0.1) is 11.8 Å². The third kappa shape index (κ3) is 7.45. The molecule has 4 heteroatoms. The van der Waals surface area contributed by atoms with E-state index in [0.29, 0.717) is 5.92 Å². The van der Waals surface area contributed by atoms with Gasteiger partial charge in [0, 0.05) is 5.70 Å². The van der Waals surface area contributed by atoms with Crippen molar-refractivity contribution in [1.82, 2.24) is 10.6 Å². The maximum Gasteiger partial charge on any atom is 0.211 e. The molecule has 0 aliphatic carbocycles. The molecule has 0 bridgehead atoms. The maximum atomic E-state index is 10.4. The fourth-order valence-electron chi connectivity index (χ4n) is 1.40. The van der Waals surface area contributed by atoms with E-state index in [2.05, 4.69) is 17.6 Å². The molecule has 1 amide bonds. The average Bonchev–Trinajstić information content (AvgIpc) is 2.24. The van der Waals surface area contributed by atoms with E-state index in [-0.39, 0.29) is 0 Å². The monoisotopic (exact) mass is 230 g/mol. The van der Waals surface area contributed by atoms with Crippen molar-refractivity contribution >= 4 is 18.2 Å². The van der Waals surface area contributed by atoms with Crippen LogP contribution >= 0.6 is 11.8 Å². The van der Waals surface area contributed by atoms with Crippen LogP contribution in [-0.4, -0.2) is 26.3 Å². The van der Waals surface area contributed by atoms with E-state index in [1.54, 1.807) is 11.8 Å². The summed E-state index contributed by atoms with van der Waals surface area (Å²) in [5.41, 5.74) is 1.03. The van der Waals surface area contributed by atoms with E-state index in [4.69, 9.17) is 0 Å². The molecule has 0 rings (SSSR count). The number of hydrogen-bond acceptors (Lipinski definition) is 3. The van der Waals surface area contributed by atoms with Gasteiger partial charge in [-0.2, -0.15) is 0 Å². The smallest absolute Gasteiger partial charge is 0.211 e. The minimum atomic E-state index is 0.430. The fourth-order valence-corrected chi connectivity index (χ4v) is 1.95. The molecule has 0 aliphatic heterocycles. The van der Waals surface area contributed by atoms with Crippen LogP contribution in [0.2, 0.25) is 0 Å². The zero-order valence-corrected chi connectivity index (χ0v) is 10.7. The lowest BCUT2D eigenvalue weighted by Gasteiger charge is -2.14. The lowest BCUT2D eigenvalue weighted by molar-refractivity contribution is -0.109. The van der Waals surface area contributed by atoms with Crippen LogP contribution in [0, 0.1) is 5.92 Å². The second kappa shape index (κ2) is 10.1. The molecule has 0 aromatic rings. The highest BCUT2D eigenvalue weighted by atomic mass is 32.2. The number of unbranched alkanes of at least 4 members (excludes halogenated alkanes) is 1. The van der Waals surface area contributed by atoms with Crippen molar-refractivity contribution in [3.8, 4) is 0 Å². The summed E-state index contributed by atoms with van der Waals surface area (Å²) in [4.78, 5) is 10.4. The third-order valence-electron chi connectivity index (χ3n) is 2.32. The molecule has 0 saturated carbocycles. The van der Waals surface area contributed by atoms with Crippen LogP contribution in [0.4, 0.5) is 0 Å². The zero-order chi connectivity index (χ0) is 11.5. The van der Waals surface area contributed by atoms with Crippen molar-refractivity contribution in [2.75, 3.05) is 19.8 Å². The van der Waals surface area contributed by atoms with Gasteiger partial charge in [-0.3, -0.25) is 4.79 Å². The van der Waals surface area contributed by atoms with Gasteiger partial charge in [-0.1, -0.05) is 13.3 Å². The predicted molar refractivity (Wildman–Crippen MR) is 67.7 cm³/mol. The van der Waals surface area contributed by atoms with Crippen molar-refractivity contribution in [2.24, 2.45) is 5.92 Å². The van der Waals surface area contributed by atoms with Gasteiger partial charge in [0.2, 0.25) is 6.41 Å². The Balaban J connectivity index is 3.86. The molecule has 1 atom stereocenters. The van der Waals surface area contributed by atoms with Gasteiger partial charge in [0.25, 0.3) is 0 Å². The molecule has 2 N–H and O–H groups in total. The Morgan fingerprint density at radius 2 is 2.20 bits per heavy atom. The van der Waals surface area contributed by atoms with Crippen LogP contribution in [-0.2, 0) is 4.79 Å². The first kappa shape index (κ1) is 14.5. The first-order valence-corrected chi connectivity index (χ1v) is 6.62. The summed E-state index contributed by atoms with van der Waals surface area (Å²) < 4.78 is 0. The molecule has 0 aromatic carbocycles. The highest BCUT2D eigenvalue weighted by molar-refractivity contribution is 8.01. The summed E-state index contributed by atoms with van der Waals surface area (Å²) in [5, 5.41) is 7.91. The van der Waals surface area contributed by atoms with Crippen LogP contribution in [0.5, 0.6) is 0 Å². The molecule has 3 nitrogen and oxygen atoms in total. The van der Waals surface area contributed by atoms with Crippen LogP contribution in [0.15, 0.2) is 11.1 Å². The Hall–Kier alpha value is -0.480. The summed E-state index contributed by atoms with van der Waals surface area (Å²) in [5.74, 6) is 0.430. The number of carbonyl (C=O) groups excluding carboxylic acids is 1. The number of hydrogen-bond donors (Lipinski definition) is 2. The zero-order valence-electron chi connectivity index (χ0n) is 9.88. The molecule has 0 spiro atoms. The number of rotatable bonds is 9. The van der Waals surface area contributed by atoms with Gasteiger partial charge in [0.1, 0.15) is 0 Å². The molecule has 0 aliphatic rings. The van der Waals surface area contributed by atoms with Crippen molar-refractivity contribution < 1.29 is 4.79 Å². The Kier molecular flexibility index (Phi) is 9.73. The molecule has 88 valence electrons. The molecule has 0 saturated heterocycles. The fraction of sp³-hybridized carbons (Fsp3) is 0.727. The quantitative estimate of drug-likeness (QED) is 0.470. The van der Waals surface area contributed by atoms with E-state index in [1.165, 1.54) is 12.8 Å². The molecule has 0 radical (unpaired) electrons. The van der Waals surface area contributed by atoms with Gasteiger partial charge in [0.05, 0.1) is 0 Å². The molecular formula is C11H22N2OS. The second-order valence-electron chi connectivity index (χ2n) is 3.57. The normalized spacial score (nSPS) is 13.7. The summed E-state index contributed by atoms with van der Waals surface area (Å²) in [7, 11) is 1.97. The van der Waals surface area contributed by atoms with Crippen molar-refractivity contribution in [2.45, 2.75) is 26.2 Å². The van der Waals surface area contributed by atoms with E-state index in [9.17, 15) is 4.79 Å². The van der Waals surface area contributed by atoms with E-state index in [0.717, 1.165) is 25.1 Å². The van der Waals surface area contributed by atoms with Crippen LogP contribution in [0.25, 0.3) is 0 Å². The van der Waals surface area contributed by atoms with Crippen LogP contribution in [0.3, 0.4) is 0 Å². The van der Waals surface area contributed by atoms with Gasteiger partial charge in [-0.05, 0) is 44.0 Å². The van der Waals surface area contributed by atoms with Crippen molar-refractivity contribution in [1.29, 1.82) is 0 Å². The minimum absolute atomic E-state index is 0.430. The van der Waals surface area contributed by atoms with E-state index in [1.807, 2.05) is 18.7 Å². The molecule has 0 heterocycles. The molecule has 0 fully saturated rings. The van der Waals surface area contributed by atoms with Crippen molar-refractivity contribution in [3.05, 3.63) is 11.1 Å². The summed E-state index contributed by atoms with van der Waals surface area (Å²) in [6.45, 7) is 3.22. The predicted octanol–water partition coefficient (Wildman–Crippen LogP) is 1.96. The van der Waals surface area contributed by atoms with Crippen LogP contribution < -0.4 is 10.6 Å². The Bertz CT molecular complexity index is 195. The SMILES string of the molecule is CNCCCCC(C)/C(=C/SC)NC=O. The minimum Gasteiger partial charge on any atom is -0.332 e. The summed E-state index contributed by atoms with van der Waals surface area (Å²) in [6.07, 6.45) is 6.25. The standard InChI is InChI=1S/C11H22N2OS/c1-10(6-4-5-7-12-2)11(8-15-3)13-9-14/h8-10,12H,4-7H2,1-3H3,(H,13,14)/b11-8-. The highest BCUT2D eigenvalue weighted by Gasteiger charge is 2.07. The number of thioether (sulfide) groups is 1. The third-order valence-corrected chi connectivity index (χ3v) is 2.80. The molecule has 1 unspecified atom stereocenters. The van der Waals surface area contributed by atoms with Crippen molar-refractivity contribution in [3.63, 3.8) is 0 Å². The average molecular weight is 230 g/mol. The topological polar surface area (TPSA) is 41.1 Å². The number of allylic oxidation sites excluding steroid dienone is 1. The number of nitrogens with one attached hydrogen (secondary N) is 2. The lowest BCUT2D eigenvalue weighted by Crippen LogP contribution is -2.17. The van der Waals surface area contributed by atoms with Crippen LogP contribution in [0.1, 0.15) is 26.2 Å². The lowest BCUT2D eigenvalue weighted by atomic mass is 10.0. The molecular weight excluding hydrogens is 208 g/mol. The van der Waals surface area contributed by atoms with E-state index >= 15 is 0 Å². The number of carbonyl (C=O) groups is 1.